The molecule has 0 bridgehead atoms. The lowest BCUT2D eigenvalue weighted by molar-refractivity contribution is 0.102. The molecule has 2 heterocycles. The van der Waals surface area contributed by atoms with Crippen LogP contribution >= 0.6 is 11.3 Å². The Morgan fingerprint density at radius 1 is 1.40 bits per heavy atom. The third-order valence-electron chi connectivity index (χ3n) is 2.98. The lowest BCUT2D eigenvalue weighted by atomic mass is 10.2. The standard InChI is InChI=1S/C13H12FN3O2S/c14-9-5-2-1-4-8(9)11(18)15-13-17-16-12(20-13)10-6-3-7-19-10/h1-2,4-5,10H,3,6-7H2,(H,15,17,18). The van der Waals surface area contributed by atoms with Crippen molar-refractivity contribution in [2.75, 3.05) is 11.9 Å². The van der Waals surface area contributed by atoms with E-state index in [1.54, 1.807) is 6.07 Å². The van der Waals surface area contributed by atoms with E-state index in [1.165, 1.54) is 29.5 Å². The summed E-state index contributed by atoms with van der Waals surface area (Å²) in [7, 11) is 0. The highest BCUT2D eigenvalue weighted by Crippen LogP contribution is 2.31. The molecule has 1 saturated heterocycles. The molecule has 1 aliphatic rings. The van der Waals surface area contributed by atoms with Crippen LogP contribution < -0.4 is 5.32 Å². The van der Waals surface area contributed by atoms with Crippen molar-refractivity contribution < 1.29 is 13.9 Å². The van der Waals surface area contributed by atoms with Crippen LogP contribution in [0.1, 0.15) is 34.3 Å². The van der Waals surface area contributed by atoms with E-state index >= 15 is 0 Å². The summed E-state index contributed by atoms with van der Waals surface area (Å²) in [5.41, 5.74) is -0.0126. The summed E-state index contributed by atoms with van der Waals surface area (Å²) in [6, 6.07) is 5.81. The van der Waals surface area contributed by atoms with Crippen molar-refractivity contribution in [3.8, 4) is 0 Å². The van der Waals surface area contributed by atoms with Crippen LogP contribution in [0.5, 0.6) is 0 Å². The van der Waals surface area contributed by atoms with Crippen LogP contribution in [0.25, 0.3) is 0 Å². The van der Waals surface area contributed by atoms with Crippen LogP contribution in [0.2, 0.25) is 0 Å². The Morgan fingerprint density at radius 3 is 3.00 bits per heavy atom. The van der Waals surface area contributed by atoms with Gasteiger partial charge in [0, 0.05) is 6.61 Å². The number of hydrogen-bond donors (Lipinski definition) is 1. The van der Waals surface area contributed by atoms with Gasteiger partial charge >= 0.3 is 0 Å². The number of aromatic nitrogens is 2. The SMILES string of the molecule is O=C(Nc1nnc(C2CCCO2)s1)c1ccccc1F. The first-order valence-electron chi connectivity index (χ1n) is 6.25. The molecule has 3 rings (SSSR count). The van der Waals surface area contributed by atoms with E-state index in [4.69, 9.17) is 4.74 Å². The highest BCUT2D eigenvalue weighted by molar-refractivity contribution is 7.15. The highest BCUT2D eigenvalue weighted by atomic mass is 32.1. The van der Waals surface area contributed by atoms with Crippen LogP contribution in [-0.2, 0) is 4.74 Å². The molecular formula is C13H12FN3O2S. The van der Waals surface area contributed by atoms with E-state index in [-0.39, 0.29) is 11.7 Å². The van der Waals surface area contributed by atoms with Gasteiger partial charge in [0.05, 0.1) is 5.56 Å². The summed E-state index contributed by atoms with van der Waals surface area (Å²) in [5.74, 6) is -1.09. The van der Waals surface area contributed by atoms with Gasteiger partial charge in [-0.05, 0) is 25.0 Å². The Kier molecular flexibility index (Phi) is 3.70. The predicted octanol–water partition coefficient (Wildman–Crippen LogP) is 2.78. The Balaban J connectivity index is 1.72. The van der Waals surface area contributed by atoms with Gasteiger partial charge in [0.15, 0.2) is 0 Å². The van der Waals surface area contributed by atoms with Crippen molar-refractivity contribution in [2.24, 2.45) is 0 Å². The van der Waals surface area contributed by atoms with Gasteiger partial charge in [-0.2, -0.15) is 0 Å². The smallest absolute Gasteiger partial charge is 0.260 e. The average molecular weight is 293 g/mol. The maximum Gasteiger partial charge on any atom is 0.260 e. The minimum atomic E-state index is -0.561. The minimum Gasteiger partial charge on any atom is -0.371 e. The molecule has 1 aromatic carbocycles. The van der Waals surface area contributed by atoms with Gasteiger partial charge in [-0.15, -0.1) is 10.2 Å². The highest BCUT2D eigenvalue weighted by Gasteiger charge is 2.22. The lowest BCUT2D eigenvalue weighted by Crippen LogP contribution is -2.13. The van der Waals surface area contributed by atoms with E-state index in [0.29, 0.717) is 5.13 Å². The van der Waals surface area contributed by atoms with Crippen LogP contribution in [-0.4, -0.2) is 22.7 Å². The number of hydrogen-bond acceptors (Lipinski definition) is 5. The zero-order valence-corrected chi connectivity index (χ0v) is 11.3. The molecule has 0 spiro atoms. The van der Waals surface area contributed by atoms with E-state index in [0.717, 1.165) is 24.5 Å². The quantitative estimate of drug-likeness (QED) is 0.945. The molecule has 1 unspecified atom stereocenters. The maximum absolute atomic E-state index is 13.5. The molecule has 0 radical (unpaired) electrons. The summed E-state index contributed by atoms with van der Waals surface area (Å²) < 4.78 is 19.0. The van der Waals surface area contributed by atoms with Gasteiger partial charge < -0.3 is 4.74 Å². The van der Waals surface area contributed by atoms with Gasteiger partial charge in [0.2, 0.25) is 5.13 Å². The number of nitrogens with one attached hydrogen (secondary N) is 1. The summed E-state index contributed by atoms with van der Waals surface area (Å²) in [5, 5.41) is 11.5. The fourth-order valence-electron chi connectivity index (χ4n) is 2.00. The Bertz CT molecular complexity index is 626. The molecule has 7 heteroatoms. The predicted molar refractivity (Wildman–Crippen MR) is 72.2 cm³/mol. The van der Waals surface area contributed by atoms with Crippen molar-refractivity contribution in [1.82, 2.24) is 10.2 Å². The summed E-state index contributed by atoms with van der Waals surface area (Å²) in [4.78, 5) is 11.9. The maximum atomic E-state index is 13.5. The Hall–Kier alpha value is -1.86. The number of carbonyl (C=O) groups excluding carboxylic acids is 1. The van der Waals surface area contributed by atoms with Crippen LogP contribution in [0.3, 0.4) is 0 Å². The molecule has 5 nitrogen and oxygen atoms in total. The van der Waals surface area contributed by atoms with Crippen LogP contribution in [0, 0.1) is 5.82 Å². The number of ether oxygens (including phenoxy) is 1. The zero-order valence-electron chi connectivity index (χ0n) is 10.5. The van der Waals surface area contributed by atoms with E-state index in [1.807, 2.05) is 0 Å². The zero-order chi connectivity index (χ0) is 13.9. The molecule has 104 valence electrons. The summed E-state index contributed by atoms with van der Waals surface area (Å²) in [6.07, 6.45) is 1.88. The fraction of sp³-hybridized carbons (Fsp3) is 0.308. The van der Waals surface area contributed by atoms with Gasteiger partial charge in [-0.1, -0.05) is 23.5 Å². The third kappa shape index (κ3) is 2.68. The van der Waals surface area contributed by atoms with Crippen LogP contribution in [0.15, 0.2) is 24.3 Å². The first kappa shape index (κ1) is 13.1. The van der Waals surface area contributed by atoms with Crippen molar-refractivity contribution >= 4 is 22.4 Å². The topological polar surface area (TPSA) is 64.1 Å². The van der Waals surface area contributed by atoms with E-state index in [9.17, 15) is 9.18 Å². The molecule has 2 aromatic rings. The molecule has 1 fully saturated rings. The Morgan fingerprint density at radius 2 is 2.25 bits per heavy atom. The molecule has 1 atom stereocenters. The third-order valence-corrected chi connectivity index (χ3v) is 3.92. The number of anilines is 1. The number of halogens is 1. The molecule has 20 heavy (non-hydrogen) atoms. The number of rotatable bonds is 3. The first-order valence-corrected chi connectivity index (χ1v) is 7.06. The Labute approximate surface area is 118 Å². The monoisotopic (exact) mass is 293 g/mol. The molecular weight excluding hydrogens is 281 g/mol. The van der Waals surface area contributed by atoms with Crippen molar-refractivity contribution in [3.05, 3.63) is 40.7 Å². The second kappa shape index (κ2) is 5.64. The molecule has 1 aromatic heterocycles. The van der Waals surface area contributed by atoms with Gasteiger partial charge in [0.25, 0.3) is 5.91 Å². The fourth-order valence-corrected chi connectivity index (χ4v) is 2.82. The largest absolute Gasteiger partial charge is 0.371 e. The minimum absolute atomic E-state index is 0.0126. The van der Waals surface area contributed by atoms with Gasteiger partial charge in [-0.3, -0.25) is 10.1 Å². The van der Waals surface area contributed by atoms with Crippen LogP contribution in [0.4, 0.5) is 9.52 Å². The lowest BCUT2D eigenvalue weighted by Gasteiger charge is -2.03. The first-order chi connectivity index (χ1) is 9.74. The summed E-state index contributed by atoms with van der Waals surface area (Å²) >= 11 is 1.26. The van der Waals surface area contributed by atoms with E-state index in [2.05, 4.69) is 15.5 Å². The average Bonchev–Trinajstić information content (AvgIpc) is 3.09. The number of amides is 1. The molecule has 1 aliphatic heterocycles. The van der Waals surface area contributed by atoms with E-state index < -0.39 is 11.7 Å². The molecule has 0 saturated carbocycles. The molecule has 0 aliphatic carbocycles. The number of benzene rings is 1. The van der Waals surface area contributed by atoms with Crippen molar-refractivity contribution in [2.45, 2.75) is 18.9 Å². The van der Waals surface area contributed by atoms with Gasteiger partial charge in [0.1, 0.15) is 16.9 Å². The number of carbonyl (C=O) groups is 1. The second-order valence-electron chi connectivity index (χ2n) is 4.38. The van der Waals surface area contributed by atoms with Gasteiger partial charge in [-0.25, -0.2) is 4.39 Å². The molecule has 1 amide bonds. The van der Waals surface area contributed by atoms with Crippen molar-refractivity contribution in [3.63, 3.8) is 0 Å². The van der Waals surface area contributed by atoms with Crippen molar-refractivity contribution in [1.29, 1.82) is 0 Å². The summed E-state index contributed by atoms with van der Waals surface area (Å²) in [6.45, 7) is 0.723. The number of nitrogens with zero attached hydrogens (tertiary/aromatic N) is 2. The second-order valence-corrected chi connectivity index (χ2v) is 5.39. The normalized spacial score (nSPS) is 18.1. The molecule has 1 N–H and O–H groups in total.